The summed E-state index contributed by atoms with van der Waals surface area (Å²) in [5, 5.41) is 5.50. The van der Waals surface area contributed by atoms with Crippen molar-refractivity contribution in [1.29, 1.82) is 0 Å². The maximum absolute atomic E-state index is 12.3. The third-order valence-corrected chi connectivity index (χ3v) is 5.40. The van der Waals surface area contributed by atoms with Gasteiger partial charge in [-0.05, 0) is 61.7 Å². The minimum Gasteiger partial charge on any atom is -0.353 e. The van der Waals surface area contributed by atoms with Gasteiger partial charge in [-0.2, -0.15) is 0 Å². The van der Waals surface area contributed by atoms with Crippen molar-refractivity contribution in [2.75, 3.05) is 25.0 Å². The highest BCUT2D eigenvalue weighted by atomic mass is 16.2. The second-order valence-corrected chi connectivity index (χ2v) is 7.74. The van der Waals surface area contributed by atoms with Gasteiger partial charge in [-0.25, -0.2) is 0 Å². The average molecular weight is 383 g/mol. The maximum Gasteiger partial charge on any atom is 0.313 e. The van der Waals surface area contributed by atoms with Crippen LogP contribution in [0.2, 0.25) is 0 Å². The van der Waals surface area contributed by atoms with E-state index >= 15 is 0 Å². The lowest BCUT2D eigenvalue weighted by molar-refractivity contribution is -0.136. The van der Waals surface area contributed by atoms with E-state index in [1.807, 2.05) is 43.6 Å². The second-order valence-electron chi connectivity index (χ2n) is 7.74. The van der Waals surface area contributed by atoms with Gasteiger partial charge in [0.15, 0.2) is 0 Å². The molecule has 3 rings (SSSR count). The summed E-state index contributed by atoms with van der Waals surface area (Å²) in [5.74, 6) is -0.816. The Hall–Kier alpha value is -2.60. The van der Waals surface area contributed by atoms with Gasteiger partial charge < -0.3 is 15.2 Å². The molecule has 6 nitrogen and oxygen atoms in total. The lowest BCUT2D eigenvalue weighted by Crippen LogP contribution is -2.41. The van der Waals surface area contributed by atoms with E-state index in [1.54, 1.807) is 0 Å². The van der Waals surface area contributed by atoms with E-state index in [2.05, 4.69) is 40.0 Å². The number of nitrogens with zero attached hydrogens (tertiary/aromatic N) is 2. The Morgan fingerprint density at radius 2 is 1.71 bits per heavy atom. The summed E-state index contributed by atoms with van der Waals surface area (Å²) in [7, 11) is 2.01. The molecule has 2 amide bonds. The fraction of sp³-hybridized carbons (Fsp3) is 0.455. The molecular weight excluding hydrogens is 352 g/mol. The zero-order valence-electron chi connectivity index (χ0n) is 16.9. The molecule has 0 radical (unpaired) electrons. The third kappa shape index (κ3) is 4.81. The van der Waals surface area contributed by atoms with E-state index < -0.39 is 11.8 Å². The van der Waals surface area contributed by atoms with Crippen molar-refractivity contribution in [3.8, 4) is 0 Å². The van der Waals surface area contributed by atoms with Crippen molar-refractivity contribution in [2.24, 2.45) is 7.05 Å². The molecule has 1 aliphatic rings. The van der Waals surface area contributed by atoms with Gasteiger partial charge >= 0.3 is 11.8 Å². The number of aromatic nitrogens is 1. The minimum absolute atomic E-state index is 0.0737. The number of benzene rings is 1. The van der Waals surface area contributed by atoms with E-state index in [-0.39, 0.29) is 6.04 Å². The number of carbonyl (C=O) groups is 2. The lowest BCUT2D eigenvalue weighted by Gasteiger charge is -2.28. The first-order chi connectivity index (χ1) is 13.5. The van der Waals surface area contributed by atoms with Gasteiger partial charge in [0.05, 0.1) is 6.04 Å². The van der Waals surface area contributed by atoms with E-state index in [1.165, 1.54) is 18.4 Å². The first-order valence-corrected chi connectivity index (χ1v) is 10.00. The molecule has 0 bridgehead atoms. The number of hydrogen-bond acceptors (Lipinski definition) is 3. The zero-order chi connectivity index (χ0) is 20.1. The van der Waals surface area contributed by atoms with Crippen LogP contribution in [-0.2, 0) is 16.6 Å². The quantitative estimate of drug-likeness (QED) is 0.755. The Kier molecular flexibility index (Phi) is 6.52. The van der Waals surface area contributed by atoms with Crippen LogP contribution in [0, 0.1) is 0 Å². The predicted octanol–water partition coefficient (Wildman–Crippen LogP) is 3.04. The van der Waals surface area contributed by atoms with Crippen molar-refractivity contribution in [3.05, 3.63) is 53.9 Å². The number of nitrogens with one attached hydrogen (secondary N) is 2. The summed E-state index contributed by atoms with van der Waals surface area (Å²) >= 11 is 0. The molecule has 2 aromatic rings. The van der Waals surface area contributed by atoms with Crippen LogP contribution in [0.15, 0.2) is 42.6 Å². The van der Waals surface area contributed by atoms with Crippen LogP contribution in [0.3, 0.4) is 0 Å². The summed E-state index contributed by atoms with van der Waals surface area (Å²) in [6.07, 6.45) is 4.34. The van der Waals surface area contributed by atoms with Crippen LogP contribution in [0.1, 0.15) is 49.9 Å². The van der Waals surface area contributed by atoms with Gasteiger partial charge in [-0.1, -0.05) is 26.0 Å². The Balaban J connectivity index is 1.59. The Morgan fingerprint density at radius 1 is 1.04 bits per heavy atom. The van der Waals surface area contributed by atoms with Crippen LogP contribution in [-0.4, -0.2) is 40.9 Å². The number of amides is 2. The number of rotatable bonds is 6. The molecule has 150 valence electrons. The van der Waals surface area contributed by atoms with Gasteiger partial charge in [0.25, 0.3) is 0 Å². The first kappa shape index (κ1) is 20.1. The molecule has 1 saturated heterocycles. The molecule has 1 aromatic heterocycles. The fourth-order valence-electron chi connectivity index (χ4n) is 3.70. The lowest BCUT2D eigenvalue weighted by atomic mass is 10.0. The molecule has 28 heavy (non-hydrogen) atoms. The van der Waals surface area contributed by atoms with Crippen molar-refractivity contribution >= 4 is 17.5 Å². The fourth-order valence-corrected chi connectivity index (χ4v) is 3.70. The monoisotopic (exact) mass is 382 g/mol. The van der Waals surface area contributed by atoms with E-state index in [0.29, 0.717) is 18.2 Å². The summed E-state index contributed by atoms with van der Waals surface area (Å²) in [6, 6.07) is 11.8. The van der Waals surface area contributed by atoms with Gasteiger partial charge in [-0.15, -0.1) is 0 Å². The molecule has 0 spiro atoms. The standard InChI is InChI=1S/C22H30N4O2/c1-16(2)17-8-10-18(11-9-17)24-22(28)21(27)23-15-20(26-13-4-5-14-26)19-7-6-12-25(19)3/h6-12,16,20H,4-5,13-15H2,1-3H3,(H,23,27)(H,24,28)/t20-/m1/s1. The molecule has 2 heterocycles. The average Bonchev–Trinajstić information content (AvgIpc) is 3.35. The Bertz CT molecular complexity index is 804. The SMILES string of the molecule is CC(C)c1ccc(NC(=O)C(=O)NC[C@H](c2cccn2C)N2CCCC2)cc1. The van der Waals surface area contributed by atoms with Gasteiger partial charge in [0.1, 0.15) is 0 Å². The topological polar surface area (TPSA) is 66.4 Å². The normalized spacial score (nSPS) is 15.6. The number of carbonyl (C=O) groups excluding carboxylic acids is 2. The highest BCUT2D eigenvalue weighted by molar-refractivity contribution is 6.39. The smallest absolute Gasteiger partial charge is 0.313 e. The summed E-state index contributed by atoms with van der Waals surface area (Å²) in [4.78, 5) is 27.0. The number of anilines is 1. The molecule has 6 heteroatoms. The third-order valence-electron chi connectivity index (χ3n) is 5.40. The first-order valence-electron chi connectivity index (χ1n) is 10.00. The molecule has 0 unspecified atom stereocenters. The van der Waals surface area contributed by atoms with Crippen LogP contribution in [0.4, 0.5) is 5.69 Å². The molecule has 1 aromatic carbocycles. The van der Waals surface area contributed by atoms with E-state index in [0.717, 1.165) is 18.8 Å². The van der Waals surface area contributed by atoms with Crippen LogP contribution >= 0.6 is 0 Å². The van der Waals surface area contributed by atoms with E-state index in [9.17, 15) is 9.59 Å². The molecular formula is C22H30N4O2. The zero-order valence-corrected chi connectivity index (χ0v) is 16.9. The maximum atomic E-state index is 12.3. The number of aryl methyl sites for hydroxylation is 1. The van der Waals surface area contributed by atoms with Gasteiger partial charge in [-0.3, -0.25) is 14.5 Å². The Labute approximate surface area is 166 Å². The van der Waals surface area contributed by atoms with Gasteiger partial charge in [0.2, 0.25) is 0 Å². The van der Waals surface area contributed by atoms with Crippen molar-refractivity contribution in [1.82, 2.24) is 14.8 Å². The second kappa shape index (κ2) is 9.06. The summed E-state index contributed by atoms with van der Waals surface area (Å²) in [6.45, 7) is 6.67. The van der Waals surface area contributed by atoms with Crippen LogP contribution in [0.5, 0.6) is 0 Å². The molecule has 1 aliphatic heterocycles. The van der Waals surface area contributed by atoms with E-state index in [4.69, 9.17) is 0 Å². The highest BCUT2D eigenvalue weighted by Gasteiger charge is 2.26. The molecule has 1 atom stereocenters. The minimum atomic E-state index is -0.635. The molecule has 1 fully saturated rings. The van der Waals surface area contributed by atoms with Gasteiger partial charge in [0, 0.05) is 31.2 Å². The van der Waals surface area contributed by atoms with Crippen LogP contribution in [0.25, 0.3) is 0 Å². The van der Waals surface area contributed by atoms with Crippen molar-refractivity contribution in [2.45, 2.75) is 38.6 Å². The molecule has 0 saturated carbocycles. The molecule has 0 aliphatic carbocycles. The van der Waals surface area contributed by atoms with Crippen molar-refractivity contribution in [3.63, 3.8) is 0 Å². The number of hydrogen-bond donors (Lipinski definition) is 2. The highest BCUT2D eigenvalue weighted by Crippen LogP contribution is 2.24. The largest absolute Gasteiger partial charge is 0.353 e. The Morgan fingerprint density at radius 3 is 2.29 bits per heavy atom. The summed E-state index contributed by atoms with van der Waals surface area (Å²) < 4.78 is 2.07. The number of likely N-dealkylation sites (tertiary alicyclic amines) is 1. The predicted molar refractivity (Wildman–Crippen MR) is 111 cm³/mol. The molecule has 2 N–H and O–H groups in total. The van der Waals surface area contributed by atoms with Crippen molar-refractivity contribution < 1.29 is 9.59 Å². The summed E-state index contributed by atoms with van der Waals surface area (Å²) in [5.41, 5.74) is 2.97. The van der Waals surface area contributed by atoms with Crippen LogP contribution < -0.4 is 10.6 Å².